The molecule has 4 heterocycles. The average Bonchev–Trinajstić information content (AvgIpc) is 3.46. The highest BCUT2D eigenvalue weighted by atomic mass is 32.1. The van der Waals surface area contributed by atoms with Gasteiger partial charge in [-0.15, -0.1) is 11.3 Å². The molecule has 4 aromatic rings. The third kappa shape index (κ3) is 1.80. The van der Waals surface area contributed by atoms with Crippen LogP contribution < -0.4 is 9.91 Å². The molecule has 146 valence electrons. The van der Waals surface area contributed by atoms with Crippen molar-refractivity contribution in [3.8, 4) is 11.1 Å². The van der Waals surface area contributed by atoms with E-state index in [-0.39, 0.29) is 11.6 Å². The smallest absolute Gasteiger partial charge is 0.163 e. The van der Waals surface area contributed by atoms with Crippen LogP contribution in [0.25, 0.3) is 21.2 Å². The van der Waals surface area contributed by atoms with Gasteiger partial charge in [0.1, 0.15) is 6.17 Å². The second-order valence-corrected chi connectivity index (χ2v) is 9.56. The van der Waals surface area contributed by atoms with E-state index in [2.05, 4.69) is 95.9 Å². The lowest BCUT2D eigenvalue weighted by Crippen LogP contribution is -2.50. The van der Waals surface area contributed by atoms with Gasteiger partial charge in [0.05, 0.1) is 11.4 Å². The van der Waals surface area contributed by atoms with Crippen LogP contribution in [0.5, 0.6) is 0 Å². The van der Waals surface area contributed by atoms with E-state index >= 15 is 0 Å². The SMILES string of the molecule is CCC1(C)c2cccc3c2N2C(=NN(c4csc5ccccc45)C21)c1ccccc1-3. The molecule has 0 aliphatic carbocycles. The minimum absolute atomic E-state index is 0.0122. The van der Waals surface area contributed by atoms with Crippen LogP contribution in [0.3, 0.4) is 0 Å². The molecule has 0 spiro atoms. The van der Waals surface area contributed by atoms with E-state index in [1.165, 1.54) is 43.7 Å². The molecule has 4 heteroatoms. The van der Waals surface area contributed by atoms with Gasteiger partial charge in [-0.05, 0) is 23.6 Å². The number of benzene rings is 3. The molecule has 0 saturated heterocycles. The van der Waals surface area contributed by atoms with Gasteiger partial charge in [0, 0.05) is 32.0 Å². The lowest BCUT2D eigenvalue weighted by molar-refractivity contribution is 0.387. The van der Waals surface area contributed by atoms with Crippen molar-refractivity contribution in [3.63, 3.8) is 0 Å². The molecule has 0 fully saturated rings. The number of nitrogens with zero attached hydrogens (tertiary/aromatic N) is 3. The van der Waals surface area contributed by atoms with Crippen molar-refractivity contribution in [2.75, 3.05) is 9.91 Å². The van der Waals surface area contributed by atoms with Crippen molar-refractivity contribution in [2.45, 2.75) is 31.8 Å². The Hall–Kier alpha value is -3.11. The van der Waals surface area contributed by atoms with E-state index in [9.17, 15) is 0 Å². The van der Waals surface area contributed by atoms with Crippen molar-refractivity contribution in [1.82, 2.24) is 0 Å². The second-order valence-electron chi connectivity index (χ2n) is 8.65. The molecule has 30 heavy (non-hydrogen) atoms. The van der Waals surface area contributed by atoms with Gasteiger partial charge in [-0.25, -0.2) is 5.01 Å². The first kappa shape index (κ1) is 16.7. The Morgan fingerprint density at radius 2 is 1.70 bits per heavy atom. The summed E-state index contributed by atoms with van der Waals surface area (Å²) in [6.45, 7) is 4.73. The third-order valence-corrected chi connectivity index (χ3v) is 8.22. The molecule has 3 aromatic carbocycles. The highest BCUT2D eigenvalue weighted by Gasteiger charge is 2.57. The molecule has 0 amide bonds. The fraction of sp³-hybridized carbons (Fsp3) is 0.192. The number of para-hydroxylation sites is 1. The Morgan fingerprint density at radius 3 is 2.57 bits per heavy atom. The van der Waals surface area contributed by atoms with Crippen LogP contribution in [0, 0.1) is 0 Å². The number of amidine groups is 1. The molecule has 0 bridgehead atoms. The molecular formula is C26H21N3S. The Morgan fingerprint density at radius 1 is 0.933 bits per heavy atom. The predicted octanol–water partition coefficient (Wildman–Crippen LogP) is 6.58. The largest absolute Gasteiger partial charge is 0.300 e. The first-order valence-electron chi connectivity index (χ1n) is 10.6. The Bertz CT molecular complexity index is 1380. The van der Waals surface area contributed by atoms with Crippen molar-refractivity contribution in [1.29, 1.82) is 0 Å². The second kappa shape index (κ2) is 5.52. The third-order valence-electron chi connectivity index (χ3n) is 7.27. The van der Waals surface area contributed by atoms with E-state index < -0.39 is 0 Å². The van der Waals surface area contributed by atoms with E-state index in [0.717, 1.165) is 12.3 Å². The fourth-order valence-corrected chi connectivity index (χ4v) is 6.56. The Balaban J connectivity index is 1.56. The van der Waals surface area contributed by atoms with Crippen molar-refractivity contribution < 1.29 is 0 Å². The first-order chi connectivity index (χ1) is 14.7. The van der Waals surface area contributed by atoms with Crippen molar-refractivity contribution in [2.24, 2.45) is 5.10 Å². The molecule has 3 aliphatic rings. The summed E-state index contributed by atoms with van der Waals surface area (Å²) in [6, 6.07) is 24.2. The Labute approximate surface area is 179 Å². The number of anilines is 2. The summed E-state index contributed by atoms with van der Waals surface area (Å²) < 4.78 is 1.31. The monoisotopic (exact) mass is 407 g/mol. The highest BCUT2D eigenvalue weighted by Crippen LogP contribution is 2.58. The maximum Gasteiger partial charge on any atom is 0.163 e. The van der Waals surface area contributed by atoms with Gasteiger partial charge in [-0.2, -0.15) is 5.10 Å². The molecule has 2 unspecified atom stereocenters. The average molecular weight is 408 g/mol. The van der Waals surface area contributed by atoms with Crippen LogP contribution in [-0.2, 0) is 5.41 Å². The molecule has 2 atom stereocenters. The molecule has 0 N–H and O–H groups in total. The van der Waals surface area contributed by atoms with E-state index in [1.807, 2.05) is 0 Å². The summed E-state index contributed by atoms with van der Waals surface area (Å²) in [5, 5.41) is 11.2. The van der Waals surface area contributed by atoms with Crippen LogP contribution >= 0.6 is 11.3 Å². The van der Waals surface area contributed by atoms with Crippen LogP contribution in [0.1, 0.15) is 31.4 Å². The number of hydrogen-bond acceptors (Lipinski definition) is 4. The van der Waals surface area contributed by atoms with Gasteiger partial charge in [-0.3, -0.25) is 4.90 Å². The quantitative estimate of drug-likeness (QED) is 0.374. The highest BCUT2D eigenvalue weighted by molar-refractivity contribution is 7.17. The first-order valence-corrected chi connectivity index (χ1v) is 11.5. The number of hydrogen-bond donors (Lipinski definition) is 0. The van der Waals surface area contributed by atoms with Gasteiger partial charge in [-0.1, -0.05) is 74.5 Å². The lowest BCUT2D eigenvalue weighted by atomic mass is 9.78. The summed E-state index contributed by atoms with van der Waals surface area (Å²) in [4.78, 5) is 2.52. The predicted molar refractivity (Wildman–Crippen MR) is 127 cm³/mol. The van der Waals surface area contributed by atoms with Crippen molar-refractivity contribution >= 4 is 38.6 Å². The zero-order valence-electron chi connectivity index (χ0n) is 17.0. The maximum absolute atomic E-state index is 5.29. The Kier molecular flexibility index (Phi) is 3.07. The van der Waals surface area contributed by atoms with Crippen LogP contribution in [-0.4, -0.2) is 12.0 Å². The van der Waals surface area contributed by atoms with E-state index in [1.54, 1.807) is 11.3 Å². The normalized spacial score (nSPS) is 23.0. The summed E-state index contributed by atoms with van der Waals surface area (Å²) in [7, 11) is 0. The summed E-state index contributed by atoms with van der Waals surface area (Å²) in [6.07, 6.45) is 1.21. The summed E-state index contributed by atoms with van der Waals surface area (Å²) >= 11 is 1.80. The van der Waals surface area contributed by atoms with Gasteiger partial charge >= 0.3 is 0 Å². The van der Waals surface area contributed by atoms with E-state index in [0.29, 0.717) is 0 Å². The van der Waals surface area contributed by atoms with Gasteiger partial charge in [0.2, 0.25) is 0 Å². The number of fused-ring (bicyclic) bond motifs is 4. The molecule has 3 aliphatic heterocycles. The standard InChI is InChI=1S/C26H21N3S/c1-3-26(2)20-13-8-12-17-16-9-4-5-10-18(16)24-27-29(25(26)28(24)23(17)20)21-15-30-22-14-7-6-11-19(21)22/h4-15,25H,3H2,1-2H3. The van der Waals surface area contributed by atoms with Gasteiger partial charge < -0.3 is 0 Å². The molecule has 0 radical (unpaired) electrons. The zero-order valence-corrected chi connectivity index (χ0v) is 17.8. The number of rotatable bonds is 2. The van der Waals surface area contributed by atoms with Gasteiger partial charge in [0.15, 0.2) is 5.84 Å². The van der Waals surface area contributed by atoms with Gasteiger partial charge in [0.25, 0.3) is 0 Å². The minimum atomic E-state index is -0.0122. The molecular weight excluding hydrogens is 386 g/mol. The minimum Gasteiger partial charge on any atom is -0.300 e. The van der Waals surface area contributed by atoms with E-state index in [4.69, 9.17) is 5.10 Å². The lowest BCUT2D eigenvalue weighted by Gasteiger charge is -2.37. The van der Waals surface area contributed by atoms with Crippen LogP contribution in [0.2, 0.25) is 0 Å². The number of hydrazone groups is 1. The molecule has 0 saturated carbocycles. The zero-order chi connectivity index (χ0) is 20.0. The molecule has 7 rings (SSSR count). The number of thiophene rings is 1. The molecule has 1 aromatic heterocycles. The molecule has 3 nitrogen and oxygen atoms in total. The fourth-order valence-electron chi connectivity index (χ4n) is 5.63. The van der Waals surface area contributed by atoms with Crippen molar-refractivity contribution in [3.05, 3.63) is 83.2 Å². The topological polar surface area (TPSA) is 18.8 Å². The van der Waals surface area contributed by atoms with Crippen LogP contribution in [0.4, 0.5) is 11.4 Å². The maximum atomic E-state index is 5.29. The van der Waals surface area contributed by atoms with Crippen LogP contribution in [0.15, 0.2) is 77.2 Å². The summed E-state index contributed by atoms with van der Waals surface area (Å²) in [5.74, 6) is 1.09. The summed E-state index contributed by atoms with van der Waals surface area (Å²) in [5.41, 5.74) is 7.86.